The predicted octanol–water partition coefficient (Wildman–Crippen LogP) is -0.571. The van der Waals surface area contributed by atoms with Crippen LogP contribution in [0.2, 0.25) is 0 Å². The molecule has 0 radical (unpaired) electrons. The van der Waals surface area contributed by atoms with Crippen LogP contribution in [0.15, 0.2) is 0 Å². The van der Waals surface area contributed by atoms with Crippen molar-refractivity contribution in [1.82, 2.24) is 5.32 Å². The molecule has 0 aromatic heterocycles. The second-order valence-electron chi connectivity index (χ2n) is 3.13. The molecule has 9 heteroatoms. The number of nitrogens with two attached hydrogens (primary N) is 1. The highest BCUT2D eigenvalue weighted by atomic mass is 32.2. The van der Waals surface area contributed by atoms with Crippen molar-refractivity contribution in [2.24, 2.45) is 5.73 Å². The van der Waals surface area contributed by atoms with Crippen LogP contribution in [0.5, 0.6) is 0 Å². The van der Waals surface area contributed by atoms with E-state index in [2.05, 4.69) is 0 Å². The Hall–Kier alpha value is -0.830. The topological polar surface area (TPSA) is 89.3 Å². The molecule has 0 saturated heterocycles. The summed E-state index contributed by atoms with van der Waals surface area (Å²) in [4.78, 5) is 10.8. The quantitative estimate of drug-likeness (QED) is 0.670. The summed E-state index contributed by atoms with van der Waals surface area (Å²) in [5.74, 6) is -2.40. The lowest BCUT2D eigenvalue weighted by Crippen LogP contribution is -2.37. The third-order valence-corrected chi connectivity index (χ3v) is 3.11. The lowest BCUT2D eigenvalue weighted by Gasteiger charge is -2.08. The Balaban J connectivity index is 4.05. The zero-order valence-corrected chi connectivity index (χ0v) is 9.20. The summed E-state index contributed by atoms with van der Waals surface area (Å²) in [7, 11) is -3.67. The van der Waals surface area contributed by atoms with Crippen molar-refractivity contribution in [1.29, 1.82) is 0 Å². The monoisotopic (exact) mass is 262 g/mol. The first-order valence-electron chi connectivity index (χ1n) is 4.40. The second-order valence-corrected chi connectivity index (χ2v) is 5.31. The van der Waals surface area contributed by atoms with Gasteiger partial charge in [0.2, 0.25) is 5.91 Å². The zero-order chi connectivity index (χ0) is 12.8. The smallest absolute Gasteiger partial charge is 0.346 e. The number of hydrogen-bond acceptors (Lipinski definition) is 4. The van der Waals surface area contributed by atoms with Gasteiger partial charge in [0.05, 0.1) is 5.75 Å². The van der Waals surface area contributed by atoms with Gasteiger partial charge in [0, 0.05) is 0 Å². The summed E-state index contributed by atoms with van der Waals surface area (Å²) in [6, 6.07) is 0. The van der Waals surface area contributed by atoms with Gasteiger partial charge in [0.25, 0.3) is 0 Å². The van der Waals surface area contributed by atoms with Crippen molar-refractivity contribution >= 4 is 15.7 Å². The molecule has 0 unspecified atom stereocenters. The number of amides is 1. The van der Waals surface area contributed by atoms with Crippen LogP contribution in [0.25, 0.3) is 0 Å². The van der Waals surface area contributed by atoms with E-state index in [4.69, 9.17) is 5.73 Å². The van der Waals surface area contributed by atoms with E-state index >= 15 is 0 Å². The molecule has 0 spiro atoms. The van der Waals surface area contributed by atoms with E-state index in [-0.39, 0.29) is 18.7 Å². The van der Waals surface area contributed by atoms with Crippen molar-refractivity contribution in [2.75, 3.05) is 24.6 Å². The van der Waals surface area contributed by atoms with Gasteiger partial charge in [0.15, 0.2) is 9.84 Å². The highest BCUT2D eigenvalue weighted by Gasteiger charge is 2.28. The van der Waals surface area contributed by atoms with Gasteiger partial charge in [0.1, 0.15) is 12.3 Å². The molecule has 0 atom stereocenters. The average molecular weight is 262 g/mol. The lowest BCUT2D eigenvalue weighted by molar-refractivity contribution is -0.137. The average Bonchev–Trinajstić information content (AvgIpc) is 2.10. The molecule has 3 N–H and O–H groups in total. The van der Waals surface area contributed by atoms with E-state index in [0.717, 1.165) is 0 Å². The van der Waals surface area contributed by atoms with Crippen LogP contribution in [0, 0.1) is 0 Å². The number of sulfone groups is 1. The number of hydrogen-bond donors (Lipinski definition) is 2. The lowest BCUT2D eigenvalue weighted by atomic mass is 10.5. The fourth-order valence-corrected chi connectivity index (χ4v) is 2.08. The van der Waals surface area contributed by atoms with Crippen molar-refractivity contribution < 1.29 is 26.4 Å². The highest BCUT2D eigenvalue weighted by Crippen LogP contribution is 2.12. The summed E-state index contributed by atoms with van der Waals surface area (Å²) in [5.41, 5.74) is 5.07. The molecule has 96 valence electrons. The minimum absolute atomic E-state index is 0.142. The fraction of sp³-hybridized carbons (Fsp3) is 0.857. The van der Waals surface area contributed by atoms with Crippen LogP contribution in [-0.2, 0) is 14.6 Å². The number of carbonyl (C=O) groups is 1. The van der Waals surface area contributed by atoms with Crippen LogP contribution >= 0.6 is 0 Å². The van der Waals surface area contributed by atoms with Gasteiger partial charge in [-0.2, -0.15) is 13.2 Å². The van der Waals surface area contributed by atoms with Crippen LogP contribution < -0.4 is 11.1 Å². The summed E-state index contributed by atoms with van der Waals surface area (Å²) < 4.78 is 57.3. The van der Waals surface area contributed by atoms with Crippen LogP contribution in [0.1, 0.15) is 6.42 Å². The van der Waals surface area contributed by atoms with Gasteiger partial charge in [-0.15, -0.1) is 0 Å². The number of halogens is 3. The predicted molar refractivity (Wildman–Crippen MR) is 51.4 cm³/mol. The Morgan fingerprint density at radius 3 is 2.31 bits per heavy atom. The highest BCUT2D eigenvalue weighted by molar-refractivity contribution is 7.92. The standard InChI is InChI=1S/C7H13F3N2O3S/c8-7(9,10)5-12-6(13)4-16(14,15)3-1-2-11/h1-5,11H2,(H,12,13). The second kappa shape index (κ2) is 6.04. The van der Waals surface area contributed by atoms with Gasteiger partial charge >= 0.3 is 6.18 Å². The molecule has 1 amide bonds. The maximum absolute atomic E-state index is 11.7. The minimum atomic E-state index is -4.54. The minimum Gasteiger partial charge on any atom is -0.346 e. The molecule has 5 nitrogen and oxygen atoms in total. The first kappa shape index (κ1) is 15.2. The van der Waals surface area contributed by atoms with Gasteiger partial charge in [-0.05, 0) is 13.0 Å². The van der Waals surface area contributed by atoms with Gasteiger partial charge in [-0.3, -0.25) is 4.79 Å². The van der Waals surface area contributed by atoms with Crippen molar-refractivity contribution in [3.63, 3.8) is 0 Å². The molecule has 0 aromatic rings. The Morgan fingerprint density at radius 2 is 1.88 bits per heavy atom. The van der Waals surface area contributed by atoms with E-state index in [0.29, 0.717) is 0 Å². The first-order valence-corrected chi connectivity index (χ1v) is 6.22. The van der Waals surface area contributed by atoms with Crippen molar-refractivity contribution in [3.8, 4) is 0 Å². The van der Waals surface area contributed by atoms with E-state index in [9.17, 15) is 26.4 Å². The van der Waals surface area contributed by atoms with E-state index in [1.54, 1.807) is 0 Å². The number of alkyl halides is 3. The summed E-state index contributed by atoms with van der Waals surface area (Å²) in [6.45, 7) is -1.39. The van der Waals surface area contributed by atoms with Gasteiger partial charge in [-0.25, -0.2) is 8.42 Å². The van der Waals surface area contributed by atoms with E-state index in [1.807, 2.05) is 0 Å². The molecule has 0 fully saturated rings. The Kier molecular flexibility index (Phi) is 5.73. The van der Waals surface area contributed by atoms with E-state index < -0.39 is 34.2 Å². The van der Waals surface area contributed by atoms with Crippen molar-refractivity contribution in [3.05, 3.63) is 0 Å². The molecule has 0 rings (SSSR count). The Labute approximate surface area is 91.1 Å². The van der Waals surface area contributed by atoms with Crippen molar-refractivity contribution in [2.45, 2.75) is 12.6 Å². The Morgan fingerprint density at radius 1 is 1.31 bits per heavy atom. The number of nitrogens with one attached hydrogen (secondary N) is 1. The molecular formula is C7H13F3N2O3S. The molecular weight excluding hydrogens is 249 g/mol. The maximum atomic E-state index is 11.7. The molecule has 0 aliphatic carbocycles. The zero-order valence-electron chi connectivity index (χ0n) is 8.38. The largest absolute Gasteiger partial charge is 0.405 e. The van der Waals surface area contributed by atoms with Crippen LogP contribution in [-0.4, -0.2) is 45.1 Å². The molecule has 0 saturated carbocycles. The summed E-state index contributed by atoms with van der Waals surface area (Å²) in [5, 5.41) is 1.48. The van der Waals surface area contributed by atoms with Gasteiger partial charge < -0.3 is 11.1 Å². The molecule has 0 aromatic carbocycles. The maximum Gasteiger partial charge on any atom is 0.405 e. The third-order valence-electron chi connectivity index (χ3n) is 1.50. The SMILES string of the molecule is NCCCS(=O)(=O)CC(=O)NCC(F)(F)F. The first-order chi connectivity index (χ1) is 7.16. The third kappa shape index (κ3) is 8.48. The van der Waals surface area contributed by atoms with Crippen LogP contribution in [0.3, 0.4) is 0 Å². The fourth-order valence-electron chi connectivity index (χ4n) is 0.825. The number of rotatable bonds is 6. The molecule has 0 heterocycles. The Bertz CT molecular complexity index is 326. The van der Waals surface area contributed by atoms with Gasteiger partial charge in [-0.1, -0.05) is 0 Å². The normalized spacial score (nSPS) is 12.5. The summed E-state index contributed by atoms with van der Waals surface area (Å²) >= 11 is 0. The molecule has 16 heavy (non-hydrogen) atoms. The molecule has 0 bridgehead atoms. The number of carbonyl (C=O) groups excluding carboxylic acids is 1. The molecule has 0 aliphatic rings. The molecule has 0 aliphatic heterocycles. The van der Waals surface area contributed by atoms with Crippen LogP contribution in [0.4, 0.5) is 13.2 Å². The summed E-state index contributed by atoms with van der Waals surface area (Å²) in [6.07, 6.45) is -4.37. The van der Waals surface area contributed by atoms with E-state index in [1.165, 1.54) is 5.32 Å².